The fourth-order valence-corrected chi connectivity index (χ4v) is 1.64. The summed E-state index contributed by atoms with van der Waals surface area (Å²) in [6, 6.07) is 6.05. The molecule has 0 aliphatic carbocycles. The third kappa shape index (κ3) is 2.81. The molecule has 1 rings (SSSR count). The summed E-state index contributed by atoms with van der Waals surface area (Å²) in [5, 5.41) is 0. The second-order valence-corrected chi connectivity index (χ2v) is 3.89. The van der Waals surface area contributed by atoms with Gasteiger partial charge in [0, 0.05) is 4.47 Å². The summed E-state index contributed by atoms with van der Waals surface area (Å²) in [6.07, 6.45) is 2.71. The van der Waals surface area contributed by atoms with Crippen LogP contribution in [0.3, 0.4) is 0 Å². The van der Waals surface area contributed by atoms with E-state index in [4.69, 9.17) is 0 Å². The summed E-state index contributed by atoms with van der Waals surface area (Å²) in [5.74, 6) is 0. The average Bonchev–Trinajstić information content (AvgIpc) is 2.09. The first-order valence-corrected chi connectivity index (χ1v) is 4.82. The van der Waals surface area contributed by atoms with Crippen LogP contribution in [0.1, 0.15) is 18.1 Å². The molecule has 0 fully saturated rings. The Balaban J connectivity index is 3.09. The molecule has 0 bridgehead atoms. The molecule has 1 aromatic carbocycles. The van der Waals surface area contributed by atoms with Crippen molar-refractivity contribution >= 4 is 28.3 Å². The number of rotatable bonds is 2. The second kappa shape index (κ2) is 4.38. The van der Waals surface area contributed by atoms with E-state index in [0.29, 0.717) is 0 Å². The SMILES string of the molecule is C/C(C=O)=C/c1ccc(C)cc1Br. The molecule has 0 aromatic heterocycles. The van der Waals surface area contributed by atoms with Gasteiger partial charge in [-0.25, -0.2) is 0 Å². The first-order valence-electron chi connectivity index (χ1n) is 4.03. The molecule has 13 heavy (non-hydrogen) atoms. The lowest BCUT2D eigenvalue weighted by Crippen LogP contribution is -1.81. The highest BCUT2D eigenvalue weighted by atomic mass is 79.9. The van der Waals surface area contributed by atoms with Gasteiger partial charge in [-0.1, -0.05) is 28.1 Å². The van der Waals surface area contributed by atoms with Gasteiger partial charge in [-0.05, 0) is 42.7 Å². The van der Waals surface area contributed by atoms with Crippen LogP contribution in [0.25, 0.3) is 6.08 Å². The summed E-state index contributed by atoms with van der Waals surface area (Å²) in [7, 11) is 0. The largest absolute Gasteiger partial charge is 0.298 e. The minimum Gasteiger partial charge on any atom is -0.298 e. The molecule has 0 saturated heterocycles. The fraction of sp³-hybridized carbons (Fsp3) is 0.182. The van der Waals surface area contributed by atoms with Crippen molar-refractivity contribution in [3.63, 3.8) is 0 Å². The van der Waals surface area contributed by atoms with Crippen LogP contribution in [0.2, 0.25) is 0 Å². The van der Waals surface area contributed by atoms with Crippen molar-refractivity contribution in [3.8, 4) is 0 Å². The highest BCUT2D eigenvalue weighted by Gasteiger charge is 1.96. The second-order valence-electron chi connectivity index (χ2n) is 3.03. The number of aldehydes is 1. The quantitative estimate of drug-likeness (QED) is 0.571. The molecule has 0 aliphatic rings. The lowest BCUT2D eigenvalue weighted by Gasteiger charge is -2.00. The number of benzene rings is 1. The third-order valence-corrected chi connectivity index (χ3v) is 2.41. The van der Waals surface area contributed by atoms with Crippen molar-refractivity contribution in [3.05, 3.63) is 39.4 Å². The molecule has 68 valence electrons. The number of hydrogen-bond donors (Lipinski definition) is 0. The van der Waals surface area contributed by atoms with Crippen molar-refractivity contribution in [2.24, 2.45) is 0 Å². The van der Waals surface area contributed by atoms with Gasteiger partial charge < -0.3 is 0 Å². The van der Waals surface area contributed by atoms with Crippen LogP contribution in [0.5, 0.6) is 0 Å². The van der Waals surface area contributed by atoms with E-state index in [1.54, 1.807) is 6.92 Å². The number of carbonyl (C=O) groups is 1. The number of hydrogen-bond acceptors (Lipinski definition) is 1. The zero-order valence-corrected chi connectivity index (χ0v) is 9.26. The first-order chi connectivity index (χ1) is 6.13. The van der Waals surface area contributed by atoms with Gasteiger partial charge in [0.15, 0.2) is 0 Å². The highest BCUT2D eigenvalue weighted by Crippen LogP contribution is 2.20. The summed E-state index contributed by atoms with van der Waals surface area (Å²) in [6.45, 7) is 3.82. The highest BCUT2D eigenvalue weighted by molar-refractivity contribution is 9.10. The Morgan fingerprint density at radius 1 is 1.46 bits per heavy atom. The monoisotopic (exact) mass is 238 g/mol. The van der Waals surface area contributed by atoms with E-state index in [9.17, 15) is 4.79 Å². The van der Waals surface area contributed by atoms with Gasteiger partial charge in [0.1, 0.15) is 6.29 Å². The van der Waals surface area contributed by atoms with Crippen molar-refractivity contribution in [2.75, 3.05) is 0 Å². The predicted octanol–water partition coefficient (Wildman–Crippen LogP) is 3.36. The Hall–Kier alpha value is -0.890. The van der Waals surface area contributed by atoms with Crippen molar-refractivity contribution in [2.45, 2.75) is 13.8 Å². The summed E-state index contributed by atoms with van der Waals surface area (Å²) in [4.78, 5) is 10.4. The number of allylic oxidation sites excluding steroid dienone is 1. The molecule has 0 radical (unpaired) electrons. The molecule has 1 nitrogen and oxygen atoms in total. The Kier molecular flexibility index (Phi) is 3.43. The molecule has 0 saturated carbocycles. The van der Waals surface area contributed by atoms with E-state index in [2.05, 4.69) is 15.9 Å². The third-order valence-electron chi connectivity index (χ3n) is 1.73. The maximum atomic E-state index is 10.4. The van der Waals surface area contributed by atoms with Crippen LogP contribution in [0.15, 0.2) is 28.2 Å². The fourth-order valence-electron chi connectivity index (χ4n) is 1.03. The number of aryl methyl sites for hydroxylation is 1. The molecule has 0 spiro atoms. The normalized spacial score (nSPS) is 11.5. The Morgan fingerprint density at radius 2 is 2.15 bits per heavy atom. The van der Waals surface area contributed by atoms with Gasteiger partial charge >= 0.3 is 0 Å². The zero-order chi connectivity index (χ0) is 9.84. The minimum absolute atomic E-state index is 0.726. The van der Waals surface area contributed by atoms with Gasteiger partial charge in [0.05, 0.1) is 0 Å². The molecule has 0 aliphatic heterocycles. The van der Waals surface area contributed by atoms with Gasteiger partial charge in [0.2, 0.25) is 0 Å². The minimum atomic E-state index is 0.726. The molecule has 0 atom stereocenters. The average molecular weight is 239 g/mol. The van der Waals surface area contributed by atoms with Crippen LogP contribution in [0.4, 0.5) is 0 Å². The molecule has 1 aromatic rings. The molecule has 2 heteroatoms. The first kappa shape index (κ1) is 10.2. The molecule has 0 N–H and O–H groups in total. The van der Waals surface area contributed by atoms with Crippen molar-refractivity contribution in [1.82, 2.24) is 0 Å². The van der Waals surface area contributed by atoms with Gasteiger partial charge in [-0.2, -0.15) is 0 Å². The van der Waals surface area contributed by atoms with Crippen LogP contribution >= 0.6 is 15.9 Å². The maximum Gasteiger partial charge on any atom is 0.145 e. The van der Waals surface area contributed by atoms with E-state index in [-0.39, 0.29) is 0 Å². The molecule has 0 unspecified atom stereocenters. The van der Waals surface area contributed by atoms with Crippen LogP contribution in [-0.2, 0) is 4.79 Å². The lowest BCUT2D eigenvalue weighted by atomic mass is 10.1. The molecular weight excluding hydrogens is 228 g/mol. The van der Waals surface area contributed by atoms with Gasteiger partial charge in [0.25, 0.3) is 0 Å². The Bertz CT molecular complexity index is 353. The van der Waals surface area contributed by atoms with E-state index in [0.717, 1.165) is 21.9 Å². The maximum absolute atomic E-state index is 10.4. The van der Waals surface area contributed by atoms with Gasteiger partial charge in [-0.3, -0.25) is 4.79 Å². The zero-order valence-electron chi connectivity index (χ0n) is 7.67. The smallest absolute Gasteiger partial charge is 0.145 e. The number of carbonyl (C=O) groups excluding carboxylic acids is 1. The molecule has 0 heterocycles. The Labute approximate surface area is 86.6 Å². The standard InChI is InChI=1S/C11H11BrO/c1-8-3-4-10(11(12)6-8)5-9(2)7-13/h3-7H,1-2H3/b9-5-. The van der Waals surface area contributed by atoms with E-state index >= 15 is 0 Å². The van der Waals surface area contributed by atoms with Crippen molar-refractivity contribution in [1.29, 1.82) is 0 Å². The van der Waals surface area contributed by atoms with Gasteiger partial charge in [-0.15, -0.1) is 0 Å². The summed E-state index contributed by atoms with van der Waals surface area (Å²) >= 11 is 3.44. The van der Waals surface area contributed by atoms with Crippen LogP contribution < -0.4 is 0 Å². The summed E-state index contributed by atoms with van der Waals surface area (Å²) in [5.41, 5.74) is 2.97. The topological polar surface area (TPSA) is 17.1 Å². The molecule has 0 amide bonds. The lowest BCUT2D eigenvalue weighted by molar-refractivity contribution is -0.104. The van der Waals surface area contributed by atoms with Crippen molar-refractivity contribution < 1.29 is 4.79 Å². The van der Waals surface area contributed by atoms with E-state index < -0.39 is 0 Å². The van der Waals surface area contributed by atoms with E-state index in [1.165, 1.54) is 5.56 Å². The molecular formula is C11H11BrO. The summed E-state index contributed by atoms with van der Waals surface area (Å²) < 4.78 is 1.02. The van der Waals surface area contributed by atoms with Crippen LogP contribution in [0, 0.1) is 6.92 Å². The predicted molar refractivity (Wildman–Crippen MR) is 58.6 cm³/mol. The number of halogens is 1. The Morgan fingerprint density at radius 3 is 2.69 bits per heavy atom. The van der Waals surface area contributed by atoms with Crippen LogP contribution in [-0.4, -0.2) is 6.29 Å². The van der Waals surface area contributed by atoms with E-state index in [1.807, 2.05) is 31.2 Å².